The molecule has 3 atom stereocenters. The Morgan fingerprint density at radius 2 is 2.24 bits per heavy atom. The first-order valence-corrected chi connectivity index (χ1v) is 5.70. The van der Waals surface area contributed by atoms with Gasteiger partial charge in [-0.25, -0.2) is 0 Å². The fourth-order valence-corrected chi connectivity index (χ4v) is 1.76. The van der Waals surface area contributed by atoms with Gasteiger partial charge in [-0.05, 0) is 19.8 Å². The van der Waals surface area contributed by atoms with Gasteiger partial charge in [0.15, 0.2) is 0 Å². The third kappa shape index (κ3) is 4.70. The molecule has 3 unspecified atom stereocenters. The van der Waals surface area contributed by atoms with E-state index in [-0.39, 0.29) is 25.0 Å². The van der Waals surface area contributed by atoms with Crippen molar-refractivity contribution in [3.63, 3.8) is 0 Å². The van der Waals surface area contributed by atoms with Gasteiger partial charge in [-0.2, -0.15) is 0 Å². The Hall–Kier alpha value is -1.14. The van der Waals surface area contributed by atoms with Gasteiger partial charge in [0.05, 0.1) is 18.6 Å². The number of hydrogen-bond acceptors (Lipinski definition) is 4. The molecular formula is C11H19NO5. The van der Waals surface area contributed by atoms with E-state index in [1.54, 1.807) is 0 Å². The highest BCUT2D eigenvalue weighted by Crippen LogP contribution is 2.18. The van der Waals surface area contributed by atoms with E-state index in [1.807, 2.05) is 6.92 Å². The lowest BCUT2D eigenvalue weighted by molar-refractivity contribution is -0.140. The van der Waals surface area contributed by atoms with Gasteiger partial charge in [0, 0.05) is 13.7 Å². The monoisotopic (exact) mass is 245 g/mol. The zero-order chi connectivity index (χ0) is 12.8. The summed E-state index contributed by atoms with van der Waals surface area (Å²) in [5.74, 6) is -1.14. The Morgan fingerprint density at radius 3 is 2.71 bits per heavy atom. The highest BCUT2D eigenvalue weighted by Gasteiger charge is 2.28. The number of amides is 1. The molecule has 0 aliphatic carbocycles. The summed E-state index contributed by atoms with van der Waals surface area (Å²) < 4.78 is 10.4. The van der Waals surface area contributed by atoms with E-state index < -0.39 is 18.2 Å². The van der Waals surface area contributed by atoms with E-state index in [2.05, 4.69) is 5.32 Å². The molecule has 6 nitrogen and oxygen atoms in total. The van der Waals surface area contributed by atoms with Gasteiger partial charge in [0.2, 0.25) is 5.91 Å². The van der Waals surface area contributed by atoms with Crippen molar-refractivity contribution >= 4 is 11.9 Å². The van der Waals surface area contributed by atoms with Crippen LogP contribution in [0.15, 0.2) is 0 Å². The van der Waals surface area contributed by atoms with Crippen molar-refractivity contribution in [3.8, 4) is 0 Å². The van der Waals surface area contributed by atoms with Crippen LogP contribution in [0.5, 0.6) is 0 Å². The number of carboxylic acid groups (broad SMARTS) is 1. The minimum Gasteiger partial charge on any atom is -0.481 e. The van der Waals surface area contributed by atoms with Crippen LogP contribution in [0.1, 0.15) is 26.2 Å². The van der Waals surface area contributed by atoms with Crippen LogP contribution in [0.4, 0.5) is 0 Å². The number of rotatable bonds is 6. The van der Waals surface area contributed by atoms with Crippen molar-refractivity contribution in [2.75, 3.05) is 13.7 Å². The smallest absolute Gasteiger partial charge is 0.306 e. The lowest BCUT2D eigenvalue weighted by atomic mass is 10.2. The average Bonchev–Trinajstić information content (AvgIpc) is 2.70. The van der Waals surface area contributed by atoms with Crippen LogP contribution in [0.25, 0.3) is 0 Å². The number of aliphatic carboxylic acids is 1. The van der Waals surface area contributed by atoms with Crippen LogP contribution in [-0.2, 0) is 19.1 Å². The first kappa shape index (κ1) is 13.9. The van der Waals surface area contributed by atoms with Crippen LogP contribution in [0.2, 0.25) is 0 Å². The van der Waals surface area contributed by atoms with Crippen LogP contribution in [-0.4, -0.2) is 48.9 Å². The standard InChI is InChI=1S/C11H19NO5/c1-7-3-4-9(17-7)11(15)12-6-8(16-2)5-10(13)14/h7-9H,3-6H2,1-2H3,(H,12,15)(H,13,14). The maximum absolute atomic E-state index is 11.7. The summed E-state index contributed by atoms with van der Waals surface area (Å²) in [7, 11) is 1.42. The van der Waals surface area contributed by atoms with Gasteiger partial charge >= 0.3 is 5.97 Å². The molecule has 1 rings (SSSR count). The number of methoxy groups -OCH3 is 1. The molecule has 0 saturated carbocycles. The van der Waals surface area contributed by atoms with Crippen molar-refractivity contribution in [2.24, 2.45) is 0 Å². The van der Waals surface area contributed by atoms with Gasteiger partial charge in [-0.15, -0.1) is 0 Å². The van der Waals surface area contributed by atoms with Gasteiger partial charge in [-0.3, -0.25) is 9.59 Å². The quantitative estimate of drug-likeness (QED) is 0.696. The number of carbonyl (C=O) groups is 2. The minimum absolute atomic E-state index is 0.114. The van der Waals surface area contributed by atoms with E-state index in [0.29, 0.717) is 6.42 Å². The third-order valence-corrected chi connectivity index (χ3v) is 2.76. The van der Waals surface area contributed by atoms with E-state index >= 15 is 0 Å². The first-order chi connectivity index (χ1) is 8.02. The third-order valence-electron chi connectivity index (χ3n) is 2.76. The predicted molar refractivity (Wildman–Crippen MR) is 59.6 cm³/mol. The molecule has 0 aromatic heterocycles. The Bertz CT molecular complexity index is 281. The predicted octanol–water partition coefficient (Wildman–Crippen LogP) is 0.160. The molecule has 1 amide bonds. The van der Waals surface area contributed by atoms with Crippen molar-refractivity contribution in [2.45, 2.75) is 44.5 Å². The van der Waals surface area contributed by atoms with Crippen LogP contribution >= 0.6 is 0 Å². The number of ether oxygens (including phenoxy) is 2. The van der Waals surface area contributed by atoms with Crippen LogP contribution in [0, 0.1) is 0 Å². The number of carbonyl (C=O) groups excluding carboxylic acids is 1. The number of carboxylic acids is 1. The Kier molecular flexibility index (Phi) is 5.37. The highest BCUT2D eigenvalue weighted by atomic mass is 16.5. The van der Waals surface area contributed by atoms with Crippen LogP contribution < -0.4 is 5.32 Å². The zero-order valence-electron chi connectivity index (χ0n) is 10.1. The summed E-state index contributed by atoms with van der Waals surface area (Å²) in [6.45, 7) is 2.12. The summed E-state index contributed by atoms with van der Waals surface area (Å²) in [6, 6.07) is 0. The summed E-state index contributed by atoms with van der Waals surface area (Å²) in [5.41, 5.74) is 0. The molecule has 1 aliphatic rings. The molecule has 0 radical (unpaired) electrons. The molecule has 6 heteroatoms. The van der Waals surface area contributed by atoms with Crippen molar-refractivity contribution in [1.82, 2.24) is 5.32 Å². The number of nitrogens with one attached hydrogen (secondary N) is 1. The molecule has 0 aromatic carbocycles. The number of hydrogen-bond donors (Lipinski definition) is 2. The molecule has 1 aliphatic heterocycles. The lowest BCUT2D eigenvalue weighted by Gasteiger charge is -2.16. The van der Waals surface area contributed by atoms with Gasteiger partial charge in [0.25, 0.3) is 0 Å². The Balaban J connectivity index is 2.28. The SMILES string of the molecule is COC(CNC(=O)C1CCC(C)O1)CC(=O)O. The molecule has 98 valence electrons. The van der Waals surface area contributed by atoms with Crippen LogP contribution in [0.3, 0.4) is 0 Å². The first-order valence-electron chi connectivity index (χ1n) is 5.70. The molecule has 0 spiro atoms. The molecule has 2 N–H and O–H groups in total. The normalized spacial score (nSPS) is 25.5. The van der Waals surface area contributed by atoms with E-state index in [1.165, 1.54) is 7.11 Å². The Labute approximate surface area is 100 Å². The summed E-state index contributed by atoms with van der Waals surface area (Å²) in [5, 5.41) is 11.3. The maximum Gasteiger partial charge on any atom is 0.306 e. The van der Waals surface area contributed by atoms with Gasteiger partial charge in [0.1, 0.15) is 6.10 Å². The molecule has 1 saturated heterocycles. The van der Waals surface area contributed by atoms with E-state index in [9.17, 15) is 9.59 Å². The lowest BCUT2D eigenvalue weighted by Crippen LogP contribution is -2.40. The summed E-state index contributed by atoms with van der Waals surface area (Å²) in [4.78, 5) is 22.2. The fourth-order valence-electron chi connectivity index (χ4n) is 1.76. The highest BCUT2D eigenvalue weighted by molar-refractivity contribution is 5.81. The maximum atomic E-state index is 11.7. The van der Waals surface area contributed by atoms with Gasteiger partial charge in [-0.1, -0.05) is 0 Å². The summed E-state index contributed by atoms with van der Waals surface area (Å²) in [6.07, 6.45) is 0.661. The second-order valence-electron chi connectivity index (χ2n) is 4.21. The minimum atomic E-state index is -0.947. The molecule has 1 heterocycles. The second-order valence-corrected chi connectivity index (χ2v) is 4.21. The molecule has 0 aromatic rings. The second kappa shape index (κ2) is 6.56. The zero-order valence-corrected chi connectivity index (χ0v) is 10.1. The van der Waals surface area contributed by atoms with E-state index in [0.717, 1.165) is 6.42 Å². The topological polar surface area (TPSA) is 84.9 Å². The van der Waals surface area contributed by atoms with Crippen molar-refractivity contribution < 1.29 is 24.2 Å². The van der Waals surface area contributed by atoms with Crippen molar-refractivity contribution in [3.05, 3.63) is 0 Å². The largest absolute Gasteiger partial charge is 0.481 e. The molecule has 1 fully saturated rings. The van der Waals surface area contributed by atoms with Crippen molar-refractivity contribution in [1.29, 1.82) is 0 Å². The fraction of sp³-hybridized carbons (Fsp3) is 0.818. The molecular weight excluding hydrogens is 226 g/mol. The van der Waals surface area contributed by atoms with E-state index in [4.69, 9.17) is 14.6 Å². The molecule has 17 heavy (non-hydrogen) atoms. The summed E-state index contributed by atoms with van der Waals surface area (Å²) >= 11 is 0. The average molecular weight is 245 g/mol. The molecule has 0 bridgehead atoms. The Morgan fingerprint density at radius 1 is 1.53 bits per heavy atom. The van der Waals surface area contributed by atoms with Gasteiger partial charge < -0.3 is 19.9 Å².